The van der Waals surface area contributed by atoms with Crippen molar-refractivity contribution in [3.05, 3.63) is 22.8 Å². The maximum atomic E-state index is 11.1. The summed E-state index contributed by atoms with van der Waals surface area (Å²) in [5.41, 5.74) is 3.04. The molecular weight excluding hydrogens is 392 g/mol. The molecule has 0 aliphatic heterocycles. The topological polar surface area (TPSA) is 40.5 Å². The molecule has 0 atom stereocenters. The Bertz CT molecular complexity index is 579. The van der Waals surface area contributed by atoms with Gasteiger partial charge in [-0.1, -0.05) is 117 Å². The fraction of sp³-hybridized carbons (Fsp3) is 0.800. The van der Waals surface area contributed by atoms with Crippen molar-refractivity contribution in [2.24, 2.45) is 0 Å². The molecular formula is C30H54O2. The standard InChI is InChI=1S/C30H54O2/c1-4-7-10-13-16-19-22-26-25-29(31)27(23-20-17-14-11-8-5-2)28(30(26)32)24-21-18-15-12-9-6-3/h25,31-32H,4-24H2,1-3H3. The highest BCUT2D eigenvalue weighted by molar-refractivity contribution is 5.53. The molecule has 0 aliphatic carbocycles. The van der Waals surface area contributed by atoms with Gasteiger partial charge in [0.25, 0.3) is 0 Å². The summed E-state index contributed by atoms with van der Waals surface area (Å²) in [6.07, 6.45) is 25.2. The van der Waals surface area contributed by atoms with Crippen LogP contribution in [0.4, 0.5) is 0 Å². The van der Waals surface area contributed by atoms with E-state index < -0.39 is 0 Å². The zero-order chi connectivity index (χ0) is 23.4. The number of benzene rings is 1. The van der Waals surface area contributed by atoms with Crippen molar-refractivity contribution >= 4 is 0 Å². The molecule has 0 saturated heterocycles. The second-order valence-electron chi connectivity index (χ2n) is 9.91. The van der Waals surface area contributed by atoms with Crippen LogP contribution in [-0.2, 0) is 19.3 Å². The summed E-state index contributed by atoms with van der Waals surface area (Å²) in [6, 6.07) is 1.87. The first-order valence-electron chi connectivity index (χ1n) is 14.2. The highest BCUT2D eigenvalue weighted by Gasteiger charge is 2.17. The minimum atomic E-state index is 0.429. The number of hydrogen-bond acceptors (Lipinski definition) is 2. The smallest absolute Gasteiger partial charge is 0.122 e. The van der Waals surface area contributed by atoms with Gasteiger partial charge in [-0.15, -0.1) is 0 Å². The first kappa shape index (κ1) is 28.9. The number of rotatable bonds is 21. The van der Waals surface area contributed by atoms with Crippen LogP contribution in [0.3, 0.4) is 0 Å². The monoisotopic (exact) mass is 446 g/mol. The summed E-state index contributed by atoms with van der Waals surface area (Å²) in [7, 11) is 0. The van der Waals surface area contributed by atoms with E-state index >= 15 is 0 Å². The summed E-state index contributed by atoms with van der Waals surface area (Å²) in [5, 5.41) is 22.0. The van der Waals surface area contributed by atoms with Gasteiger partial charge < -0.3 is 10.2 Å². The third-order valence-electron chi connectivity index (χ3n) is 6.93. The lowest BCUT2D eigenvalue weighted by Gasteiger charge is -2.17. The van der Waals surface area contributed by atoms with Crippen LogP contribution < -0.4 is 0 Å². The number of unbranched alkanes of at least 4 members (excludes halogenated alkanes) is 15. The van der Waals surface area contributed by atoms with Crippen LogP contribution in [0.15, 0.2) is 6.07 Å². The number of phenolic OH excluding ortho intramolecular Hbond substituents is 2. The lowest BCUT2D eigenvalue weighted by molar-refractivity contribution is 0.437. The zero-order valence-corrected chi connectivity index (χ0v) is 21.8. The predicted octanol–water partition coefficient (Wildman–Crippen LogP) is 9.81. The molecule has 2 heteroatoms. The van der Waals surface area contributed by atoms with Gasteiger partial charge in [-0.2, -0.15) is 0 Å². The van der Waals surface area contributed by atoms with E-state index in [-0.39, 0.29) is 0 Å². The van der Waals surface area contributed by atoms with Gasteiger partial charge in [-0.05, 0) is 50.2 Å². The molecule has 1 rings (SSSR count). The van der Waals surface area contributed by atoms with Crippen LogP contribution in [0.25, 0.3) is 0 Å². The molecule has 2 nitrogen and oxygen atoms in total. The molecule has 0 aromatic heterocycles. The Hall–Kier alpha value is -1.18. The van der Waals surface area contributed by atoms with Gasteiger partial charge in [-0.25, -0.2) is 0 Å². The Balaban J connectivity index is 2.73. The van der Waals surface area contributed by atoms with Crippen molar-refractivity contribution in [2.75, 3.05) is 0 Å². The molecule has 1 aromatic carbocycles. The molecule has 0 heterocycles. The van der Waals surface area contributed by atoms with Crippen molar-refractivity contribution in [2.45, 2.75) is 156 Å². The van der Waals surface area contributed by atoms with Crippen LogP contribution in [0, 0.1) is 0 Å². The Labute approximate surface area is 200 Å². The Morgan fingerprint density at radius 3 is 1.31 bits per heavy atom. The molecule has 0 bridgehead atoms. The maximum Gasteiger partial charge on any atom is 0.122 e. The van der Waals surface area contributed by atoms with E-state index in [9.17, 15) is 10.2 Å². The van der Waals surface area contributed by atoms with E-state index in [1.807, 2.05) is 6.07 Å². The van der Waals surface area contributed by atoms with Crippen LogP contribution in [0.5, 0.6) is 11.5 Å². The largest absolute Gasteiger partial charge is 0.508 e. The highest BCUT2D eigenvalue weighted by atomic mass is 16.3. The van der Waals surface area contributed by atoms with Gasteiger partial charge in [0.05, 0.1) is 0 Å². The van der Waals surface area contributed by atoms with Crippen molar-refractivity contribution in [1.82, 2.24) is 0 Å². The van der Waals surface area contributed by atoms with Crippen LogP contribution in [0.1, 0.15) is 153 Å². The third-order valence-corrected chi connectivity index (χ3v) is 6.93. The van der Waals surface area contributed by atoms with Crippen molar-refractivity contribution in [3.63, 3.8) is 0 Å². The first-order chi connectivity index (χ1) is 15.7. The van der Waals surface area contributed by atoms with Crippen molar-refractivity contribution < 1.29 is 10.2 Å². The van der Waals surface area contributed by atoms with E-state index in [1.165, 1.54) is 96.3 Å². The molecule has 0 spiro atoms. The summed E-state index contributed by atoms with van der Waals surface area (Å²) in [4.78, 5) is 0. The summed E-state index contributed by atoms with van der Waals surface area (Å²) >= 11 is 0. The third kappa shape index (κ3) is 12.2. The van der Waals surface area contributed by atoms with Gasteiger partial charge in [0.2, 0.25) is 0 Å². The lowest BCUT2D eigenvalue weighted by Crippen LogP contribution is -2.01. The fourth-order valence-electron chi connectivity index (χ4n) is 4.81. The molecule has 0 fully saturated rings. The van der Waals surface area contributed by atoms with Gasteiger partial charge in [-0.3, -0.25) is 0 Å². The number of hydrogen-bond donors (Lipinski definition) is 2. The van der Waals surface area contributed by atoms with Gasteiger partial charge in [0.15, 0.2) is 0 Å². The molecule has 0 unspecified atom stereocenters. The number of aryl methyl sites for hydroxylation is 1. The van der Waals surface area contributed by atoms with E-state index in [4.69, 9.17) is 0 Å². The molecule has 1 aromatic rings. The predicted molar refractivity (Wildman–Crippen MR) is 141 cm³/mol. The van der Waals surface area contributed by atoms with Crippen molar-refractivity contribution in [1.29, 1.82) is 0 Å². The molecule has 0 aliphatic rings. The van der Waals surface area contributed by atoms with E-state index in [0.29, 0.717) is 11.5 Å². The average molecular weight is 447 g/mol. The molecule has 0 radical (unpaired) electrons. The average Bonchev–Trinajstić information content (AvgIpc) is 2.79. The second-order valence-corrected chi connectivity index (χ2v) is 9.91. The van der Waals surface area contributed by atoms with Crippen LogP contribution >= 0.6 is 0 Å². The lowest BCUT2D eigenvalue weighted by atomic mass is 9.91. The quantitative estimate of drug-likeness (QED) is 0.146. The molecule has 2 N–H and O–H groups in total. The summed E-state index contributed by atoms with van der Waals surface area (Å²) in [5.74, 6) is 0.921. The number of phenols is 2. The fourth-order valence-corrected chi connectivity index (χ4v) is 4.81. The van der Waals surface area contributed by atoms with E-state index in [2.05, 4.69) is 20.8 Å². The summed E-state index contributed by atoms with van der Waals surface area (Å²) in [6.45, 7) is 6.76. The first-order valence-corrected chi connectivity index (χ1v) is 14.2. The maximum absolute atomic E-state index is 11.1. The zero-order valence-electron chi connectivity index (χ0n) is 21.8. The Morgan fingerprint density at radius 2 is 0.844 bits per heavy atom. The Morgan fingerprint density at radius 1 is 0.469 bits per heavy atom. The minimum absolute atomic E-state index is 0.429. The molecule has 0 saturated carbocycles. The van der Waals surface area contributed by atoms with E-state index in [0.717, 1.165) is 55.2 Å². The highest BCUT2D eigenvalue weighted by Crippen LogP contribution is 2.36. The second kappa shape index (κ2) is 19.3. The van der Waals surface area contributed by atoms with Crippen molar-refractivity contribution in [3.8, 4) is 11.5 Å². The molecule has 0 amide bonds. The van der Waals surface area contributed by atoms with Gasteiger partial charge in [0, 0.05) is 11.1 Å². The van der Waals surface area contributed by atoms with Gasteiger partial charge >= 0.3 is 0 Å². The molecule has 32 heavy (non-hydrogen) atoms. The van der Waals surface area contributed by atoms with E-state index in [1.54, 1.807) is 0 Å². The minimum Gasteiger partial charge on any atom is -0.508 e. The summed E-state index contributed by atoms with van der Waals surface area (Å²) < 4.78 is 0. The van der Waals surface area contributed by atoms with Crippen LogP contribution in [0.2, 0.25) is 0 Å². The SMILES string of the molecule is CCCCCCCCc1cc(O)c(CCCCCCCC)c(CCCCCCCC)c1O. The normalized spacial score (nSPS) is 11.3. The number of aromatic hydroxyl groups is 2. The molecule has 186 valence electrons. The van der Waals surface area contributed by atoms with Crippen LogP contribution in [-0.4, -0.2) is 10.2 Å². The van der Waals surface area contributed by atoms with Gasteiger partial charge in [0.1, 0.15) is 11.5 Å². The Kier molecular flexibility index (Phi) is 17.4.